The van der Waals surface area contributed by atoms with Crippen LogP contribution >= 0.6 is 22.9 Å². The zero-order chi connectivity index (χ0) is 23.6. The molecule has 3 N–H and O–H groups in total. The van der Waals surface area contributed by atoms with Crippen LogP contribution < -0.4 is 15.5 Å². The first-order valence-electron chi connectivity index (χ1n) is 10.1. The van der Waals surface area contributed by atoms with E-state index in [2.05, 4.69) is 15.5 Å². The fourth-order valence-corrected chi connectivity index (χ4v) is 6.30. The summed E-state index contributed by atoms with van der Waals surface area (Å²) in [6.07, 6.45) is 5.52. The maximum Gasteiger partial charge on any atom is 0.267 e. The van der Waals surface area contributed by atoms with Crippen LogP contribution in [-0.4, -0.2) is 32.2 Å². The van der Waals surface area contributed by atoms with E-state index in [0.29, 0.717) is 28.6 Å². The first kappa shape index (κ1) is 23.2. The number of nitrogens with one attached hydrogen (secondary N) is 3. The molecular formula is C22H21ClN4O4S2. The van der Waals surface area contributed by atoms with Gasteiger partial charge in [-0.05, 0) is 48.5 Å². The molecule has 172 valence electrons. The van der Waals surface area contributed by atoms with Crippen LogP contribution in [0.3, 0.4) is 0 Å². The third-order valence-electron chi connectivity index (χ3n) is 5.14. The molecule has 1 aromatic heterocycles. The van der Waals surface area contributed by atoms with Crippen molar-refractivity contribution < 1.29 is 18.0 Å². The number of halogens is 1. The second-order valence-electron chi connectivity index (χ2n) is 7.29. The number of rotatable bonds is 8. The molecule has 2 aliphatic rings. The summed E-state index contributed by atoms with van der Waals surface area (Å²) in [5, 5.41) is 7.26. The lowest BCUT2D eigenvalue weighted by Gasteiger charge is -2.34. The Morgan fingerprint density at radius 2 is 2.06 bits per heavy atom. The van der Waals surface area contributed by atoms with Crippen LogP contribution in [0, 0.1) is 0 Å². The highest BCUT2D eigenvalue weighted by atomic mass is 35.5. The second-order valence-corrected chi connectivity index (χ2v) is 10.9. The number of thiophene rings is 1. The average Bonchev–Trinajstić information content (AvgIpc) is 3.25. The topological polar surface area (TPSA) is 108 Å². The number of amides is 1. The predicted molar refractivity (Wildman–Crippen MR) is 127 cm³/mol. The monoisotopic (exact) mass is 504 g/mol. The molecule has 0 saturated heterocycles. The minimum Gasteiger partial charge on any atom is -0.387 e. The quantitative estimate of drug-likeness (QED) is 0.376. The molecule has 1 aromatic carbocycles. The molecule has 11 heteroatoms. The van der Waals surface area contributed by atoms with Crippen LogP contribution in [0.1, 0.15) is 30.5 Å². The molecule has 33 heavy (non-hydrogen) atoms. The molecule has 1 atom stereocenters. The summed E-state index contributed by atoms with van der Waals surface area (Å²) >= 11 is 6.78. The highest BCUT2D eigenvalue weighted by Crippen LogP contribution is 2.37. The van der Waals surface area contributed by atoms with Crippen LogP contribution in [0.5, 0.6) is 0 Å². The summed E-state index contributed by atoms with van der Waals surface area (Å²) in [5.41, 5.74) is 3.05. The summed E-state index contributed by atoms with van der Waals surface area (Å²) in [6.45, 7) is 2.33. The van der Waals surface area contributed by atoms with Crippen molar-refractivity contribution in [2.45, 2.75) is 23.6 Å². The third kappa shape index (κ3) is 4.74. The Kier molecular flexibility index (Phi) is 6.71. The number of fused-ring (bicyclic) bond motifs is 1. The van der Waals surface area contributed by atoms with Crippen molar-refractivity contribution in [2.75, 3.05) is 6.54 Å². The van der Waals surface area contributed by atoms with Crippen molar-refractivity contribution in [1.82, 2.24) is 20.5 Å². The zero-order valence-electron chi connectivity index (χ0n) is 17.5. The summed E-state index contributed by atoms with van der Waals surface area (Å²) in [6, 6.07) is 10.0. The minimum atomic E-state index is -4.10. The van der Waals surface area contributed by atoms with E-state index in [1.807, 2.05) is 37.3 Å². The Labute approximate surface area is 200 Å². The summed E-state index contributed by atoms with van der Waals surface area (Å²) in [5.74, 6) is -0.155. The van der Waals surface area contributed by atoms with Crippen LogP contribution in [-0.2, 0) is 19.6 Å². The number of hydrogen-bond donors (Lipinski definition) is 3. The second kappa shape index (κ2) is 9.52. The van der Waals surface area contributed by atoms with Gasteiger partial charge >= 0.3 is 0 Å². The molecule has 0 spiro atoms. The highest BCUT2D eigenvalue weighted by Gasteiger charge is 2.34. The van der Waals surface area contributed by atoms with Crippen LogP contribution in [0.4, 0.5) is 0 Å². The van der Waals surface area contributed by atoms with Gasteiger partial charge < -0.3 is 10.6 Å². The van der Waals surface area contributed by atoms with Gasteiger partial charge in [0.25, 0.3) is 10.0 Å². The van der Waals surface area contributed by atoms with Gasteiger partial charge in [-0.2, -0.15) is 0 Å². The SMILES string of the molecule is CCNC1=C(N(C=O)NS(=O)(=O)c2ccc(Cl)s2)C(C2NC=Cc3ccccc32)=CC(=O)C1. The Morgan fingerprint density at radius 3 is 2.76 bits per heavy atom. The molecule has 0 fully saturated rings. The number of hydrazine groups is 1. The lowest BCUT2D eigenvalue weighted by Crippen LogP contribution is -2.44. The predicted octanol–water partition coefficient (Wildman–Crippen LogP) is 3.09. The molecule has 2 aromatic rings. The molecule has 1 aliphatic heterocycles. The van der Waals surface area contributed by atoms with Gasteiger partial charge in [0.15, 0.2) is 5.78 Å². The fourth-order valence-electron chi connectivity index (χ4n) is 3.83. The Morgan fingerprint density at radius 1 is 1.27 bits per heavy atom. The smallest absolute Gasteiger partial charge is 0.267 e. The number of hydrogen-bond acceptors (Lipinski definition) is 7. The van der Waals surface area contributed by atoms with Crippen molar-refractivity contribution in [3.05, 3.63) is 81.1 Å². The molecule has 8 nitrogen and oxygen atoms in total. The van der Waals surface area contributed by atoms with Crippen LogP contribution in [0.15, 0.2) is 69.9 Å². The zero-order valence-corrected chi connectivity index (χ0v) is 19.9. The number of carbonyl (C=O) groups is 2. The Hall–Kier alpha value is -2.92. The highest BCUT2D eigenvalue weighted by molar-refractivity contribution is 7.91. The van der Waals surface area contributed by atoms with Gasteiger partial charge in [0.1, 0.15) is 4.21 Å². The van der Waals surface area contributed by atoms with E-state index in [4.69, 9.17) is 11.6 Å². The van der Waals surface area contributed by atoms with Crippen molar-refractivity contribution in [3.63, 3.8) is 0 Å². The maximum absolute atomic E-state index is 13.0. The van der Waals surface area contributed by atoms with Gasteiger partial charge in [0.05, 0.1) is 22.5 Å². The van der Waals surface area contributed by atoms with Gasteiger partial charge in [0, 0.05) is 17.8 Å². The summed E-state index contributed by atoms with van der Waals surface area (Å²) in [7, 11) is -4.10. The number of carbonyl (C=O) groups excluding carboxylic acids is 2. The lowest BCUT2D eigenvalue weighted by atomic mass is 9.86. The first-order valence-corrected chi connectivity index (χ1v) is 12.8. The van der Waals surface area contributed by atoms with E-state index in [9.17, 15) is 18.0 Å². The van der Waals surface area contributed by atoms with E-state index in [-0.39, 0.29) is 22.1 Å². The van der Waals surface area contributed by atoms with Crippen molar-refractivity contribution in [3.8, 4) is 0 Å². The van der Waals surface area contributed by atoms with E-state index in [1.165, 1.54) is 18.2 Å². The van der Waals surface area contributed by atoms with Gasteiger partial charge in [-0.25, -0.2) is 13.4 Å². The largest absolute Gasteiger partial charge is 0.387 e. The molecule has 1 amide bonds. The maximum atomic E-state index is 13.0. The molecule has 0 radical (unpaired) electrons. The molecule has 2 heterocycles. The number of sulfonamides is 1. The van der Waals surface area contributed by atoms with Gasteiger partial charge in [0.2, 0.25) is 6.41 Å². The lowest BCUT2D eigenvalue weighted by molar-refractivity contribution is -0.118. The van der Waals surface area contributed by atoms with Crippen LogP contribution in [0.2, 0.25) is 4.34 Å². The van der Waals surface area contributed by atoms with E-state index in [0.717, 1.165) is 27.5 Å². The molecule has 1 unspecified atom stereocenters. The average molecular weight is 505 g/mol. The number of benzene rings is 1. The van der Waals surface area contributed by atoms with Gasteiger partial charge in [-0.3, -0.25) is 9.59 Å². The van der Waals surface area contributed by atoms with Crippen molar-refractivity contribution in [2.24, 2.45) is 0 Å². The molecule has 1 aliphatic carbocycles. The van der Waals surface area contributed by atoms with E-state index >= 15 is 0 Å². The van der Waals surface area contributed by atoms with E-state index < -0.39 is 16.1 Å². The van der Waals surface area contributed by atoms with Gasteiger partial charge in [-0.1, -0.05) is 35.9 Å². The molecule has 4 rings (SSSR count). The molecular weight excluding hydrogens is 484 g/mol. The molecule has 0 bridgehead atoms. The third-order valence-corrected chi connectivity index (χ3v) is 8.18. The summed E-state index contributed by atoms with van der Waals surface area (Å²) < 4.78 is 26.2. The van der Waals surface area contributed by atoms with Gasteiger partial charge in [-0.15, -0.1) is 16.2 Å². The molecule has 0 saturated carbocycles. The minimum absolute atomic E-state index is 0.00772. The van der Waals surface area contributed by atoms with E-state index in [1.54, 1.807) is 6.20 Å². The summed E-state index contributed by atoms with van der Waals surface area (Å²) in [4.78, 5) is 27.1. The number of allylic oxidation sites excluding steroid dienone is 2. The normalized spacial score (nSPS) is 17.8. The Bertz CT molecular complexity index is 1300. The first-order chi connectivity index (χ1) is 15.8. The number of nitrogens with zero attached hydrogens (tertiary/aromatic N) is 1. The van der Waals surface area contributed by atoms with Crippen molar-refractivity contribution in [1.29, 1.82) is 0 Å². The van der Waals surface area contributed by atoms with Crippen LogP contribution in [0.25, 0.3) is 6.08 Å². The fraction of sp³-hybridized carbons (Fsp3) is 0.182. The van der Waals surface area contributed by atoms with Crippen molar-refractivity contribution >= 4 is 51.2 Å². The number of ketones is 1. The Balaban J connectivity index is 1.80. The standard InChI is InChI=1S/C22H21ClN4O4S2/c1-2-24-18-12-15(29)11-17(21-16-6-4-3-5-14(16)9-10-25-21)22(18)27(13-28)26-33(30,31)20-8-7-19(23)32-20/h3-11,13,21,24-26H,2,12H2,1H3.